The van der Waals surface area contributed by atoms with Crippen molar-refractivity contribution in [3.05, 3.63) is 105 Å². The first-order valence-electron chi connectivity index (χ1n) is 19.7. The molecule has 0 aliphatic heterocycles. The van der Waals surface area contributed by atoms with Crippen molar-refractivity contribution in [1.82, 2.24) is 0 Å². The van der Waals surface area contributed by atoms with Gasteiger partial charge in [0.1, 0.15) is 0 Å². The van der Waals surface area contributed by atoms with Gasteiger partial charge >= 0.3 is 0 Å². The van der Waals surface area contributed by atoms with Crippen LogP contribution in [0.25, 0.3) is 0 Å². The Morgan fingerprint density at radius 2 is 0.630 bits per heavy atom. The summed E-state index contributed by atoms with van der Waals surface area (Å²) in [6.07, 6.45) is 12.1. The molecule has 6 rings (SSSR count). The van der Waals surface area contributed by atoms with Crippen molar-refractivity contribution in [3.8, 4) is 0 Å². The van der Waals surface area contributed by atoms with Gasteiger partial charge in [-0.2, -0.15) is 0 Å². The molecule has 0 aromatic heterocycles. The number of halogens is 3. The van der Waals surface area contributed by atoms with E-state index in [-0.39, 0.29) is 34.4 Å². The second-order valence-corrected chi connectivity index (χ2v) is 19.7. The molecule has 3 saturated carbocycles. The zero-order chi connectivity index (χ0) is 40.2. The molecule has 3 aromatic carbocycles. The molecule has 54 heavy (non-hydrogen) atoms. The van der Waals surface area contributed by atoms with Gasteiger partial charge in [0.2, 0.25) is 0 Å². The maximum atomic E-state index is 9.96. The van der Waals surface area contributed by atoms with Crippen LogP contribution in [0.2, 0.25) is 15.1 Å². The Morgan fingerprint density at radius 1 is 0.444 bits per heavy atom. The van der Waals surface area contributed by atoms with E-state index in [1.165, 1.54) is 36.0 Å². The van der Waals surface area contributed by atoms with Gasteiger partial charge in [0.15, 0.2) is 0 Å². The van der Waals surface area contributed by atoms with Crippen molar-refractivity contribution in [2.75, 3.05) is 0 Å². The van der Waals surface area contributed by atoms with Crippen molar-refractivity contribution in [1.29, 1.82) is 0 Å². The summed E-state index contributed by atoms with van der Waals surface area (Å²) < 4.78 is 0. The van der Waals surface area contributed by atoms with E-state index in [4.69, 9.17) is 52.0 Å². The van der Waals surface area contributed by atoms with Gasteiger partial charge in [-0.25, -0.2) is 0 Å². The van der Waals surface area contributed by atoms with Crippen LogP contribution in [0, 0.1) is 0 Å². The van der Waals surface area contributed by atoms with E-state index in [1.54, 1.807) is 0 Å². The van der Waals surface area contributed by atoms with E-state index in [0.29, 0.717) is 19.3 Å². The monoisotopic (exact) mass is 801 g/mol. The predicted molar refractivity (Wildman–Crippen MR) is 228 cm³/mol. The largest absolute Gasteiger partial charge is 0.390 e. The van der Waals surface area contributed by atoms with Crippen LogP contribution in [0.4, 0.5) is 0 Å². The predicted octanol–water partition coefficient (Wildman–Crippen LogP) is 9.75. The lowest BCUT2D eigenvalue weighted by molar-refractivity contribution is 0.0405. The summed E-state index contributed by atoms with van der Waals surface area (Å²) in [5, 5.41) is 32.1. The van der Waals surface area contributed by atoms with Crippen molar-refractivity contribution in [2.45, 2.75) is 170 Å². The molecule has 3 aliphatic carbocycles. The highest BCUT2D eigenvalue weighted by molar-refractivity contribution is 6.31. The fraction of sp³-hybridized carbons (Fsp3) is 0.600. The average molecular weight is 803 g/mol. The van der Waals surface area contributed by atoms with Crippen molar-refractivity contribution >= 4 is 34.8 Å². The van der Waals surface area contributed by atoms with Crippen LogP contribution < -0.4 is 17.2 Å². The Kier molecular flexibility index (Phi) is 14.9. The highest BCUT2D eigenvalue weighted by atomic mass is 35.5. The van der Waals surface area contributed by atoms with Gasteiger partial charge in [-0.15, -0.1) is 0 Å². The molecule has 6 nitrogen and oxygen atoms in total. The fourth-order valence-electron chi connectivity index (χ4n) is 8.84. The first kappa shape index (κ1) is 45.0. The molecule has 3 aromatic rings. The van der Waals surface area contributed by atoms with Crippen molar-refractivity contribution < 1.29 is 15.3 Å². The van der Waals surface area contributed by atoms with Crippen LogP contribution in [0.3, 0.4) is 0 Å². The molecule has 0 bridgehead atoms. The molecule has 1 unspecified atom stereocenters. The molecule has 0 spiro atoms. The van der Waals surface area contributed by atoms with E-state index in [2.05, 4.69) is 36.4 Å². The van der Waals surface area contributed by atoms with Gasteiger partial charge in [-0.1, -0.05) is 90.5 Å². The third-order valence-corrected chi connectivity index (χ3v) is 13.0. The lowest BCUT2D eigenvalue weighted by atomic mass is 9.59. The number of nitrogens with two attached hydrogens (primary N) is 3. The number of hydrogen-bond acceptors (Lipinski definition) is 6. The highest BCUT2D eigenvalue weighted by Gasteiger charge is 2.47. The molecule has 9 N–H and O–H groups in total. The molecule has 300 valence electrons. The van der Waals surface area contributed by atoms with Crippen LogP contribution in [0.5, 0.6) is 0 Å². The second kappa shape index (κ2) is 17.8. The molecule has 3 fully saturated rings. The molecular weight excluding hydrogens is 737 g/mol. The highest BCUT2D eigenvalue weighted by Crippen LogP contribution is 2.49. The lowest BCUT2D eigenvalue weighted by Crippen LogP contribution is -2.52. The molecule has 9 heteroatoms. The molecule has 0 heterocycles. The Morgan fingerprint density at radius 3 is 0.759 bits per heavy atom. The van der Waals surface area contributed by atoms with Crippen LogP contribution in [-0.2, 0) is 16.2 Å². The summed E-state index contributed by atoms with van der Waals surface area (Å²) in [6, 6.07) is 24.0. The number of aliphatic hydroxyl groups is 3. The zero-order valence-corrected chi connectivity index (χ0v) is 35.6. The van der Waals surface area contributed by atoms with Gasteiger partial charge in [0.05, 0.1) is 16.8 Å². The maximum absolute atomic E-state index is 9.96. The minimum Gasteiger partial charge on any atom is -0.390 e. The minimum atomic E-state index is -0.714. The fourth-order valence-corrected chi connectivity index (χ4v) is 9.22. The molecule has 0 saturated heterocycles. The number of hydrogen-bond donors (Lipinski definition) is 6. The quantitative estimate of drug-likeness (QED) is 0.108. The van der Waals surface area contributed by atoms with E-state index in [1.807, 2.05) is 77.9 Å². The Bertz CT molecular complexity index is 1400. The first-order valence-corrected chi connectivity index (χ1v) is 20.9. The van der Waals surface area contributed by atoms with Crippen LogP contribution in [0.1, 0.15) is 135 Å². The molecule has 3 aliphatic rings. The zero-order valence-electron chi connectivity index (χ0n) is 33.4. The number of rotatable bonds is 12. The molecule has 0 radical (unpaired) electrons. The molecule has 0 amide bonds. The summed E-state index contributed by atoms with van der Waals surface area (Å²) in [5.74, 6) is 0. The Balaban J connectivity index is 0.000000180. The van der Waals surface area contributed by atoms with Gasteiger partial charge in [-0.3, -0.25) is 0 Å². The van der Waals surface area contributed by atoms with Gasteiger partial charge in [0.25, 0.3) is 0 Å². The van der Waals surface area contributed by atoms with E-state index >= 15 is 0 Å². The topological polar surface area (TPSA) is 139 Å². The summed E-state index contributed by atoms with van der Waals surface area (Å²) >= 11 is 17.8. The first-order chi connectivity index (χ1) is 25.0. The third kappa shape index (κ3) is 11.5. The van der Waals surface area contributed by atoms with Gasteiger partial charge in [-0.05, 0) is 152 Å². The second-order valence-electron chi connectivity index (χ2n) is 18.4. The van der Waals surface area contributed by atoms with E-state index in [0.717, 1.165) is 53.6 Å². The minimum absolute atomic E-state index is 0.00701. The lowest BCUT2D eigenvalue weighted by Gasteiger charge is -2.48. The van der Waals surface area contributed by atoms with E-state index < -0.39 is 16.8 Å². The summed E-state index contributed by atoms with van der Waals surface area (Å²) in [6.45, 7) is 10.9. The molecular formula is C45H66Cl3N3O3. The van der Waals surface area contributed by atoms with Crippen LogP contribution >= 0.6 is 34.8 Å². The number of benzene rings is 3. The third-order valence-electron chi connectivity index (χ3n) is 12.3. The van der Waals surface area contributed by atoms with Crippen LogP contribution in [0.15, 0.2) is 72.8 Å². The van der Waals surface area contributed by atoms with Crippen molar-refractivity contribution in [3.63, 3.8) is 0 Å². The van der Waals surface area contributed by atoms with Crippen LogP contribution in [-0.4, -0.2) is 50.2 Å². The van der Waals surface area contributed by atoms with Gasteiger partial charge < -0.3 is 32.5 Å². The van der Waals surface area contributed by atoms with E-state index in [9.17, 15) is 15.3 Å². The smallest absolute Gasteiger partial charge is 0.0606 e. The summed E-state index contributed by atoms with van der Waals surface area (Å²) in [5.41, 5.74) is 20.9. The standard InChI is InChI=1S/3C15H22ClNO/c3*1-14(2,18)10-13(17)15(8-3-9-15)11-4-6-12(16)7-5-11/h3*4-7,13,18H,3,8-10,17H2,1-2H3/t2*13-;/m10./s1. The Labute approximate surface area is 340 Å². The molecule has 3 atom stereocenters. The summed E-state index contributed by atoms with van der Waals surface area (Å²) in [7, 11) is 0. The Hall–Kier alpha value is -1.71. The summed E-state index contributed by atoms with van der Waals surface area (Å²) in [4.78, 5) is 0. The SMILES string of the molecule is CC(C)(O)CC(N)C1(c2ccc(Cl)cc2)CCC1.CC(C)(O)C[C@@H](N)C1(c2ccc(Cl)cc2)CCC1.CC(C)(O)C[C@H](N)C1(c2ccc(Cl)cc2)CCC1. The maximum Gasteiger partial charge on any atom is 0.0606 e. The average Bonchev–Trinajstić information content (AvgIpc) is 2.96. The van der Waals surface area contributed by atoms with Crippen molar-refractivity contribution in [2.24, 2.45) is 17.2 Å². The normalized spacial score (nSPS) is 20.3. The van der Waals surface area contributed by atoms with Gasteiger partial charge in [0, 0.05) is 49.4 Å².